The monoisotopic (exact) mass is 344 g/mol. The van der Waals surface area contributed by atoms with Crippen molar-refractivity contribution in [2.75, 3.05) is 32.7 Å². The molecule has 1 atom stereocenters. The first kappa shape index (κ1) is 17.0. The van der Waals surface area contributed by atoms with Gasteiger partial charge < -0.3 is 10.0 Å². The molecule has 126 valence electrons. The summed E-state index contributed by atoms with van der Waals surface area (Å²) in [6, 6.07) is 16.7. The molecule has 24 heavy (non-hydrogen) atoms. The van der Waals surface area contributed by atoms with Crippen molar-refractivity contribution < 1.29 is 9.90 Å². The van der Waals surface area contributed by atoms with E-state index in [-0.39, 0.29) is 5.91 Å². The highest BCUT2D eigenvalue weighted by molar-refractivity contribution is 6.31. The highest BCUT2D eigenvalue weighted by Gasteiger charge is 2.24. The van der Waals surface area contributed by atoms with Crippen LogP contribution in [0.5, 0.6) is 0 Å². The standard InChI is InChI=1S/C19H21ClN2O2/c20-17-9-5-4-8-16(17)18(23)14-21-10-12-22(13-11-21)19(24)15-6-2-1-3-7-15/h1-9,18,23H,10-14H2. The number of amides is 1. The average molecular weight is 345 g/mol. The van der Waals surface area contributed by atoms with Gasteiger partial charge in [0.25, 0.3) is 5.91 Å². The number of piperazine rings is 1. The topological polar surface area (TPSA) is 43.8 Å². The number of β-amino-alcohol motifs (C(OH)–C–C–N with tert-alkyl or cyclic N) is 1. The van der Waals surface area contributed by atoms with E-state index < -0.39 is 6.10 Å². The minimum absolute atomic E-state index is 0.0712. The predicted octanol–water partition coefficient (Wildman–Crippen LogP) is 2.83. The molecule has 0 spiro atoms. The van der Waals surface area contributed by atoms with Gasteiger partial charge in [-0.1, -0.05) is 48.0 Å². The van der Waals surface area contributed by atoms with Gasteiger partial charge in [-0.05, 0) is 18.2 Å². The van der Waals surface area contributed by atoms with Crippen molar-refractivity contribution in [1.29, 1.82) is 0 Å². The lowest BCUT2D eigenvalue weighted by atomic mass is 10.1. The normalized spacial score (nSPS) is 16.8. The zero-order valence-corrected chi connectivity index (χ0v) is 14.2. The van der Waals surface area contributed by atoms with Crippen LogP contribution in [0.3, 0.4) is 0 Å². The molecule has 1 saturated heterocycles. The predicted molar refractivity (Wildman–Crippen MR) is 95.2 cm³/mol. The van der Waals surface area contributed by atoms with Gasteiger partial charge in [-0.3, -0.25) is 9.69 Å². The largest absolute Gasteiger partial charge is 0.387 e. The summed E-state index contributed by atoms with van der Waals surface area (Å²) in [6.45, 7) is 3.36. The number of carbonyl (C=O) groups excluding carboxylic acids is 1. The van der Waals surface area contributed by atoms with E-state index in [4.69, 9.17) is 11.6 Å². The molecule has 0 radical (unpaired) electrons. The first-order chi connectivity index (χ1) is 11.6. The van der Waals surface area contributed by atoms with Gasteiger partial charge in [0.15, 0.2) is 0 Å². The highest BCUT2D eigenvalue weighted by atomic mass is 35.5. The van der Waals surface area contributed by atoms with Crippen molar-refractivity contribution >= 4 is 17.5 Å². The third kappa shape index (κ3) is 3.96. The minimum Gasteiger partial charge on any atom is -0.387 e. The van der Waals surface area contributed by atoms with E-state index in [0.717, 1.165) is 24.2 Å². The van der Waals surface area contributed by atoms with Crippen molar-refractivity contribution in [3.8, 4) is 0 Å². The molecule has 0 bridgehead atoms. The molecule has 1 heterocycles. The number of hydrogen-bond donors (Lipinski definition) is 1. The van der Waals surface area contributed by atoms with Crippen LogP contribution in [0.4, 0.5) is 0 Å². The first-order valence-corrected chi connectivity index (χ1v) is 8.52. The average Bonchev–Trinajstić information content (AvgIpc) is 2.63. The van der Waals surface area contributed by atoms with Gasteiger partial charge >= 0.3 is 0 Å². The summed E-state index contributed by atoms with van der Waals surface area (Å²) >= 11 is 6.14. The van der Waals surface area contributed by atoms with Gasteiger partial charge in [-0.25, -0.2) is 0 Å². The summed E-state index contributed by atoms with van der Waals surface area (Å²) in [7, 11) is 0. The SMILES string of the molecule is O=C(c1ccccc1)N1CCN(CC(O)c2ccccc2Cl)CC1. The molecule has 1 N–H and O–H groups in total. The van der Waals surface area contributed by atoms with Crippen LogP contribution in [0.2, 0.25) is 5.02 Å². The van der Waals surface area contributed by atoms with E-state index in [1.54, 1.807) is 6.07 Å². The third-order valence-electron chi connectivity index (χ3n) is 4.38. The Bertz CT molecular complexity index is 685. The Hall–Kier alpha value is -1.88. The van der Waals surface area contributed by atoms with Crippen LogP contribution in [0.25, 0.3) is 0 Å². The van der Waals surface area contributed by atoms with Crippen LogP contribution in [0.1, 0.15) is 22.0 Å². The number of aliphatic hydroxyl groups excluding tert-OH is 1. The van der Waals surface area contributed by atoms with Gasteiger partial charge in [0.1, 0.15) is 0 Å². The summed E-state index contributed by atoms with van der Waals surface area (Å²) in [5, 5.41) is 11.0. The quantitative estimate of drug-likeness (QED) is 0.927. The molecule has 1 aliphatic heterocycles. The van der Waals surface area contributed by atoms with Crippen molar-refractivity contribution in [3.63, 3.8) is 0 Å². The van der Waals surface area contributed by atoms with Crippen molar-refractivity contribution in [1.82, 2.24) is 9.80 Å². The van der Waals surface area contributed by atoms with Gasteiger partial charge in [-0.15, -0.1) is 0 Å². The second-order valence-corrected chi connectivity index (χ2v) is 6.40. The molecular formula is C19H21ClN2O2. The lowest BCUT2D eigenvalue weighted by molar-refractivity contribution is 0.0528. The Morgan fingerprint density at radius 2 is 1.62 bits per heavy atom. The molecule has 4 nitrogen and oxygen atoms in total. The maximum atomic E-state index is 12.4. The van der Waals surface area contributed by atoms with Crippen LogP contribution in [0, 0.1) is 0 Å². The molecule has 1 aliphatic rings. The highest BCUT2D eigenvalue weighted by Crippen LogP contribution is 2.23. The molecule has 1 amide bonds. The molecular weight excluding hydrogens is 324 g/mol. The van der Waals surface area contributed by atoms with E-state index in [0.29, 0.717) is 24.7 Å². The number of rotatable bonds is 4. The first-order valence-electron chi connectivity index (χ1n) is 8.14. The summed E-state index contributed by atoms with van der Waals surface area (Å²) in [5.74, 6) is 0.0712. The molecule has 1 unspecified atom stereocenters. The van der Waals surface area contributed by atoms with E-state index in [2.05, 4.69) is 4.90 Å². The molecule has 2 aromatic rings. The maximum absolute atomic E-state index is 12.4. The molecule has 1 fully saturated rings. The van der Waals surface area contributed by atoms with Gasteiger partial charge in [0, 0.05) is 48.9 Å². The molecule has 0 aliphatic carbocycles. The number of nitrogens with zero attached hydrogens (tertiary/aromatic N) is 2. The van der Waals surface area contributed by atoms with Crippen LogP contribution < -0.4 is 0 Å². The van der Waals surface area contributed by atoms with E-state index in [9.17, 15) is 9.90 Å². The fraction of sp³-hybridized carbons (Fsp3) is 0.316. The number of halogens is 1. The summed E-state index contributed by atoms with van der Waals surface area (Å²) in [6.07, 6.45) is -0.616. The van der Waals surface area contributed by atoms with Crippen LogP contribution in [-0.4, -0.2) is 53.5 Å². The van der Waals surface area contributed by atoms with Crippen LogP contribution in [0.15, 0.2) is 54.6 Å². The number of carbonyl (C=O) groups is 1. The Morgan fingerprint density at radius 3 is 2.29 bits per heavy atom. The van der Waals surface area contributed by atoms with Crippen LogP contribution in [-0.2, 0) is 0 Å². The van der Waals surface area contributed by atoms with Crippen LogP contribution >= 0.6 is 11.6 Å². The van der Waals surface area contributed by atoms with Crippen molar-refractivity contribution in [3.05, 3.63) is 70.7 Å². The third-order valence-corrected chi connectivity index (χ3v) is 4.72. The lowest BCUT2D eigenvalue weighted by Crippen LogP contribution is -2.49. The Balaban J connectivity index is 1.54. The Labute approximate surface area is 147 Å². The van der Waals surface area contributed by atoms with Crippen molar-refractivity contribution in [2.24, 2.45) is 0 Å². The zero-order chi connectivity index (χ0) is 16.9. The minimum atomic E-state index is -0.616. The lowest BCUT2D eigenvalue weighted by Gasteiger charge is -2.35. The molecule has 3 rings (SSSR count). The maximum Gasteiger partial charge on any atom is 0.253 e. The van der Waals surface area contributed by atoms with Gasteiger partial charge in [0.05, 0.1) is 6.10 Å². The van der Waals surface area contributed by atoms with Crippen molar-refractivity contribution in [2.45, 2.75) is 6.10 Å². The van der Waals surface area contributed by atoms with Gasteiger partial charge in [0.2, 0.25) is 0 Å². The number of aliphatic hydroxyl groups is 1. The fourth-order valence-electron chi connectivity index (χ4n) is 2.99. The fourth-order valence-corrected chi connectivity index (χ4v) is 3.25. The number of benzene rings is 2. The summed E-state index contributed by atoms with van der Waals surface area (Å²) in [4.78, 5) is 16.5. The van der Waals surface area contributed by atoms with E-state index in [1.165, 1.54) is 0 Å². The second-order valence-electron chi connectivity index (χ2n) is 6.00. The molecule has 5 heteroatoms. The molecule has 0 saturated carbocycles. The Morgan fingerprint density at radius 1 is 1.00 bits per heavy atom. The smallest absolute Gasteiger partial charge is 0.253 e. The Kier molecular flexibility index (Phi) is 5.51. The molecule has 0 aromatic heterocycles. The van der Waals surface area contributed by atoms with E-state index in [1.807, 2.05) is 53.4 Å². The second kappa shape index (κ2) is 7.79. The molecule has 2 aromatic carbocycles. The summed E-state index contributed by atoms with van der Waals surface area (Å²) < 4.78 is 0. The van der Waals surface area contributed by atoms with E-state index >= 15 is 0 Å². The van der Waals surface area contributed by atoms with Gasteiger partial charge in [-0.2, -0.15) is 0 Å². The summed E-state index contributed by atoms with van der Waals surface area (Å²) in [5.41, 5.74) is 1.48. The number of hydrogen-bond acceptors (Lipinski definition) is 3. The zero-order valence-electron chi connectivity index (χ0n) is 13.4.